The molecule has 1 atom stereocenters. The molecule has 0 radical (unpaired) electrons. The molecule has 1 aromatic carbocycles. The van der Waals surface area contributed by atoms with E-state index in [1.165, 1.54) is 5.71 Å². The number of benzene rings is 1. The van der Waals surface area contributed by atoms with Gasteiger partial charge < -0.3 is 9.40 Å². The first-order chi connectivity index (χ1) is 11.8. The standard InChI is InChI=1S/C18H23N5O/c1-2-15-12-16(24-21-15)13-22-9-8-17-19-20-18(23(17)11-10-22)14-6-4-3-5-7-14/h3-7,16H,2,8-13H2,1H3/t16-/m1/s1. The Kier molecular flexibility index (Phi) is 4.30. The normalized spacial score (nSPS) is 21.0. The first-order valence-corrected chi connectivity index (χ1v) is 8.75. The number of oxime groups is 1. The predicted molar refractivity (Wildman–Crippen MR) is 92.8 cm³/mol. The summed E-state index contributed by atoms with van der Waals surface area (Å²) < 4.78 is 2.26. The van der Waals surface area contributed by atoms with Crippen LogP contribution in [0, 0.1) is 0 Å². The molecule has 6 nitrogen and oxygen atoms in total. The molecule has 126 valence electrons. The molecule has 0 bridgehead atoms. The molecule has 0 amide bonds. The van der Waals surface area contributed by atoms with E-state index in [-0.39, 0.29) is 6.10 Å². The summed E-state index contributed by atoms with van der Waals surface area (Å²) in [7, 11) is 0. The molecule has 0 fully saturated rings. The van der Waals surface area contributed by atoms with Gasteiger partial charge in [0, 0.05) is 44.6 Å². The van der Waals surface area contributed by atoms with E-state index in [1.54, 1.807) is 0 Å². The van der Waals surface area contributed by atoms with Crippen molar-refractivity contribution in [3.8, 4) is 11.4 Å². The first kappa shape index (κ1) is 15.3. The average molecular weight is 325 g/mol. The molecule has 2 aromatic rings. The van der Waals surface area contributed by atoms with Gasteiger partial charge in [-0.25, -0.2) is 0 Å². The molecule has 1 aromatic heterocycles. The topological polar surface area (TPSA) is 55.5 Å². The minimum atomic E-state index is 0.206. The molecule has 0 aliphatic carbocycles. The van der Waals surface area contributed by atoms with Crippen molar-refractivity contribution in [2.24, 2.45) is 5.16 Å². The van der Waals surface area contributed by atoms with Crippen molar-refractivity contribution in [2.45, 2.75) is 38.8 Å². The summed E-state index contributed by atoms with van der Waals surface area (Å²) in [4.78, 5) is 8.02. The highest BCUT2D eigenvalue weighted by atomic mass is 16.6. The fraction of sp³-hybridized carbons (Fsp3) is 0.500. The molecule has 4 rings (SSSR count). The van der Waals surface area contributed by atoms with Crippen LogP contribution in [0.2, 0.25) is 0 Å². The van der Waals surface area contributed by atoms with Crippen LogP contribution in [0.5, 0.6) is 0 Å². The summed E-state index contributed by atoms with van der Waals surface area (Å²) in [5.41, 5.74) is 2.31. The molecular formula is C18H23N5O. The van der Waals surface area contributed by atoms with Gasteiger partial charge in [0.2, 0.25) is 0 Å². The fourth-order valence-corrected chi connectivity index (χ4v) is 3.43. The molecule has 24 heavy (non-hydrogen) atoms. The maximum Gasteiger partial charge on any atom is 0.164 e. The molecule has 0 N–H and O–H groups in total. The third kappa shape index (κ3) is 3.06. The Morgan fingerprint density at radius 1 is 1.12 bits per heavy atom. The maximum absolute atomic E-state index is 5.56. The van der Waals surface area contributed by atoms with Gasteiger partial charge in [-0.05, 0) is 6.42 Å². The van der Waals surface area contributed by atoms with Crippen LogP contribution >= 0.6 is 0 Å². The maximum atomic E-state index is 5.56. The zero-order valence-corrected chi connectivity index (χ0v) is 14.1. The number of fused-ring (bicyclic) bond motifs is 1. The monoisotopic (exact) mass is 325 g/mol. The van der Waals surface area contributed by atoms with Crippen LogP contribution < -0.4 is 0 Å². The van der Waals surface area contributed by atoms with E-state index >= 15 is 0 Å². The van der Waals surface area contributed by atoms with E-state index < -0.39 is 0 Å². The summed E-state index contributed by atoms with van der Waals surface area (Å²) in [6, 6.07) is 10.3. The lowest BCUT2D eigenvalue weighted by Gasteiger charge is -2.22. The SMILES string of the molecule is CCC1=NO[C@@H](CN2CCc3nnc(-c4ccccc4)n3CC2)C1. The Morgan fingerprint density at radius 3 is 2.79 bits per heavy atom. The third-order valence-electron chi connectivity index (χ3n) is 4.81. The van der Waals surface area contributed by atoms with Gasteiger partial charge in [-0.2, -0.15) is 0 Å². The van der Waals surface area contributed by atoms with Crippen LogP contribution in [0.1, 0.15) is 25.6 Å². The molecule has 2 aliphatic heterocycles. The molecule has 0 spiro atoms. The lowest BCUT2D eigenvalue weighted by molar-refractivity contribution is 0.0530. The van der Waals surface area contributed by atoms with E-state index in [9.17, 15) is 0 Å². The van der Waals surface area contributed by atoms with Gasteiger partial charge in [0.25, 0.3) is 0 Å². The van der Waals surface area contributed by atoms with Crippen LogP contribution in [-0.4, -0.2) is 51.1 Å². The molecule has 0 saturated carbocycles. The highest BCUT2D eigenvalue weighted by Crippen LogP contribution is 2.21. The van der Waals surface area contributed by atoms with E-state index in [2.05, 4.69) is 43.9 Å². The largest absolute Gasteiger partial charge is 0.391 e. The van der Waals surface area contributed by atoms with Crippen molar-refractivity contribution >= 4 is 5.71 Å². The first-order valence-electron chi connectivity index (χ1n) is 8.75. The zero-order chi connectivity index (χ0) is 16.4. The number of aromatic nitrogens is 3. The molecule has 6 heteroatoms. The van der Waals surface area contributed by atoms with Gasteiger partial charge in [0.05, 0.1) is 5.71 Å². The lowest BCUT2D eigenvalue weighted by atomic mass is 10.1. The summed E-state index contributed by atoms with van der Waals surface area (Å²) in [5.74, 6) is 2.05. The third-order valence-corrected chi connectivity index (χ3v) is 4.81. The Bertz CT molecular complexity index is 724. The van der Waals surface area contributed by atoms with Crippen LogP contribution in [0.25, 0.3) is 11.4 Å². The second-order valence-electron chi connectivity index (χ2n) is 6.45. The van der Waals surface area contributed by atoms with E-state index in [1.807, 2.05) is 18.2 Å². The summed E-state index contributed by atoms with van der Waals surface area (Å²) >= 11 is 0. The Morgan fingerprint density at radius 2 is 2.00 bits per heavy atom. The predicted octanol–water partition coefficient (Wildman–Crippen LogP) is 2.36. The van der Waals surface area contributed by atoms with Crippen LogP contribution in [-0.2, 0) is 17.8 Å². The minimum absolute atomic E-state index is 0.206. The smallest absolute Gasteiger partial charge is 0.164 e. The highest BCUT2D eigenvalue weighted by molar-refractivity contribution is 5.85. The second kappa shape index (κ2) is 6.73. The summed E-state index contributed by atoms with van der Waals surface area (Å²) in [6.07, 6.45) is 3.08. The second-order valence-corrected chi connectivity index (χ2v) is 6.45. The summed E-state index contributed by atoms with van der Waals surface area (Å²) in [6.45, 7) is 5.97. The van der Waals surface area contributed by atoms with Crippen molar-refractivity contribution in [1.29, 1.82) is 0 Å². The molecule has 0 saturated heterocycles. The van der Waals surface area contributed by atoms with Crippen LogP contribution in [0.4, 0.5) is 0 Å². The van der Waals surface area contributed by atoms with Gasteiger partial charge in [0.1, 0.15) is 11.9 Å². The average Bonchev–Trinajstić information content (AvgIpc) is 3.20. The number of rotatable bonds is 4. The molecule has 2 aliphatic rings. The van der Waals surface area contributed by atoms with Gasteiger partial charge in [-0.15, -0.1) is 10.2 Å². The lowest BCUT2D eigenvalue weighted by Crippen LogP contribution is -2.35. The van der Waals surface area contributed by atoms with Crippen molar-refractivity contribution in [2.75, 3.05) is 19.6 Å². The number of nitrogens with zero attached hydrogens (tertiary/aromatic N) is 5. The Hall–Kier alpha value is -2.21. The Balaban J connectivity index is 1.43. The molecule has 3 heterocycles. The molecular weight excluding hydrogens is 302 g/mol. The van der Waals surface area contributed by atoms with Gasteiger partial charge in [-0.1, -0.05) is 42.4 Å². The summed E-state index contributed by atoms with van der Waals surface area (Å²) in [5, 5.41) is 13.0. The fourth-order valence-electron chi connectivity index (χ4n) is 3.43. The van der Waals surface area contributed by atoms with Crippen molar-refractivity contribution < 1.29 is 4.84 Å². The van der Waals surface area contributed by atoms with Crippen LogP contribution in [0.3, 0.4) is 0 Å². The van der Waals surface area contributed by atoms with Gasteiger partial charge in [-0.3, -0.25) is 4.90 Å². The van der Waals surface area contributed by atoms with Crippen LogP contribution in [0.15, 0.2) is 35.5 Å². The van der Waals surface area contributed by atoms with Gasteiger partial charge in [0.15, 0.2) is 5.82 Å². The van der Waals surface area contributed by atoms with E-state index in [0.29, 0.717) is 0 Å². The van der Waals surface area contributed by atoms with Crippen molar-refractivity contribution in [3.63, 3.8) is 0 Å². The van der Waals surface area contributed by atoms with E-state index in [0.717, 1.165) is 62.7 Å². The van der Waals surface area contributed by atoms with E-state index in [4.69, 9.17) is 4.84 Å². The highest BCUT2D eigenvalue weighted by Gasteiger charge is 2.25. The van der Waals surface area contributed by atoms with Crippen molar-refractivity contribution in [3.05, 3.63) is 36.2 Å². The quantitative estimate of drug-likeness (QED) is 0.866. The zero-order valence-electron chi connectivity index (χ0n) is 14.1. The van der Waals surface area contributed by atoms with Gasteiger partial charge >= 0.3 is 0 Å². The Labute approximate surface area is 142 Å². The minimum Gasteiger partial charge on any atom is -0.391 e. The van der Waals surface area contributed by atoms with Crippen molar-refractivity contribution in [1.82, 2.24) is 19.7 Å². The molecule has 0 unspecified atom stereocenters. The number of hydrogen-bond donors (Lipinski definition) is 0. The number of hydrogen-bond acceptors (Lipinski definition) is 5.